The summed E-state index contributed by atoms with van der Waals surface area (Å²) in [7, 11) is 0. The van der Waals surface area contributed by atoms with Gasteiger partial charge in [0, 0.05) is 31.7 Å². The van der Waals surface area contributed by atoms with Gasteiger partial charge < -0.3 is 26.0 Å². The molecule has 5 rings (SSSR count). The van der Waals surface area contributed by atoms with E-state index in [4.69, 9.17) is 16.2 Å². The number of hydrogen-bond acceptors (Lipinski definition) is 9. The number of amides is 2. The van der Waals surface area contributed by atoms with Crippen LogP contribution in [0.4, 0.5) is 16.4 Å². The topological polar surface area (TPSA) is 166 Å². The number of benzene rings is 1. The molecule has 1 aliphatic carbocycles. The van der Waals surface area contributed by atoms with Crippen molar-refractivity contribution in [3.05, 3.63) is 60.3 Å². The number of ether oxygens (including phenoxy) is 1. The first kappa shape index (κ1) is 28.9. The number of piperazine rings is 1. The van der Waals surface area contributed by atoms with E-state index in [0.29, 0.717) is 43.5 Å². The maximum Gasteiger partial charge on any atom is 0.410 e. The van der Waals surface area contributed by atoms with Crippen molar-refractivity contribution in [2.24, 2.45) is 16.6 Å². The lowest BCUT2D eigenvalue weighted by Crippen LogP contribution is -2.50. The Kier molecular flexibility index (Phi) is 7.81. The van der Waals surface area contributed by atoms with E-state index in [1.54, 1.807) is 17.3 Å². The molecular weight excluding hydrogens is 534 g/mol. The van der Waals surface area contributed by atoms with Crippen molar-refractivity contribution in [3.63, 3.8) is 0 Å². The second kappa shape index (κ2) is 11.3. The second-order valence-corrected chi connectivity index (χ2v) is 11.9. The molecule has 2 aromatic heterocycles. The summed E-state index contributed by atoms with van der Waals surface area (Å²) in [6, 6.07) is 7.91. The molecule has 0 bridgehead atoms. The van der Waals surface area contributed by atoms with E-state index < -0.39 is 16.9 Å². The average Bonchev–Trinajstić information content (AvgIpc) is 3.83. The van der Waals surface area contributed by atoms with Crippen LogP contribution in [0.3, 0.4) is 0 Å². The minimum absolute atomic E-state index is 0.115. The molecule has 0 radical (unpaired) electrons. The first-order valence-corrected chi connectivity index (χ1v) is 14.1. The van der Waals surface area contributed by atoms with E-state index in [2.05, 4.69) is 24.9 Å². The molecule has 2 aliphatic rings. The zero-order valence-electron chi connectivity index (χ0n) is 24.4. The van der Waals surface area contributed by atoms with Crippen LogP contribution in [0, 0.1) is 5.92 Å². The third-order valence-corrected chi connectivity index (χ3v) is 7.71. The highest BCUT2D eigenvalue weighted by atomic mass is 16.6. The molecule has 3 aromatic rings. The fraction of sp³-hybridized carbons (Fsp3) is 0.433. The van der Waals surface area contributed by atoms with Crippen LogP contribution in [0.5, 0.6) is 0 Å². The lowest BCUT2D eigenvalue weighted by atomic mass is 9.76. The molecule has 0 spiro atoms. The van der Waals surface area contributed by atoms with Gasteiger partial charge in [0.05, 0.1) is 35.9 Å². The van der Waals surface area contributed by atoms with Gasteiger partial charge in [-0.25, -0.2) is 19.7 Å². The standard InChI is InChI=1S/C30H37N9O3/c1-29(2,3)42-28(41)39-13-11-38(12-14-39)25-18-34-23(16-36-25)26(40)37-27(32)30(4,21-9-10-21)20-7-5-19(6-8-20)22-15-35-24(31)17-33-22/h5-8,15-18,21H,9-14H2,1-4H3,(H2,31,35)(H2,32,37,40). The largest absolute Gasteiger partial charge is 0.444 e. The van der Waals surface area contributed by atoms with Crippen molar-refractivity contribution in [3.8, 4) is 11.3 Å². The average molecular weight is 572 g/mol. The lowest BCUT2D eigenvalue weighted by molar-refractivity contribution is 0.0240. The van der Waals surface area contributed by atoms with Gasteiger partial charge in [-0.3, -0.25) is 9.78 Å². The molecule has 1 atom stereocenters. The minimum Gasteiger partial charge on any atom is -0.444 e. The Hall–Kier alpha value is -4.61. The number of nitrogen functional groups attached to an aromatic ring is 1. The molecule has 42 heavy (non-hydrogen) atoms. The monoisotopic (exact) mass is 571 g/mol. The number of hydrogen-bond donors (Lipinski definition) is 2. The molecule has 12 heteroatoms. The summed E-state index contributed by atoms with van der Waals surface area (Å²) in [4.78, 5) is 50.7. The van der Waals surface area contributed by atoms with Gasteiger partial charge in [-0.05, 0) is 52.0 Å². The molecule has 1 saturated heterocycles. The molecule has 1 saturated carbocycles. The summed E-state index contributed by atoms with van der Waals surface area (Å²) in [5, 5.41) is 0. The molecule has 1 unspecified atom stereocenters. The van der Waals surface area contributed by atoms with Gasteiger partial charge in [0.2, 0.25) is 0 Å². The van der Waals surface area contributed by atoms with Crippen LogP contribution in [0.15, 0.2) is 54.0 Å². The highest BCUT2D eigenvalue weighted by molar-refractivity contribution is 6.05. The van der Waals surface area contributed by atoms with Crippen LogP contribution in [0.1, 0.15) is 56.6 Å². The number of amidine groups is 1. The third-order valence-electron chi connectivity index (χ3n) is 7.71. The molecule has 4 N–H and O–H groups in total. The summed E-state index contributed by atoms with van der Waals surface area (Å²) >= 11 is 0. The number of nitrogens with zero attached hydrogens (tertiary/aromatic N) is 7. The number of anilines is 2. The third kappa shape index (κ3) is 6.32. The first-order chi connectivity index (χ1) is 19.9. The van der Waals surface area contributed by atoms with E-state index in [9.17, 15) is 9.59 Å². The van der Waals surface area contributed by atoms with Crippen molar-refractivity contribution in [2.75, 3.05) is 36.8 Å². The van der Waals surface area contributed by atoms with E-state index in [-0.39, 0.29) is 23.5 Å². The van der Waals surface area contributed by atoms with Crippen LogP contribution in [-0.2, 0) is 10.2 Å². The number of aromatic nitrogens is 4. The van der Waals surface area contributed by atoms with E-state index in [1.807, 2.05) is 56.9 Å². The van der Waals surface area contributed by atoms with Gasteiger partial charge in [-0.2, -0.15) is 4.99 Å². The van der Waals surface area contributed by atoms with Gasteiger partial charge in [0.15, 0.2) is 0 Å². The van der Waals surface area contributed by atoms with E-state index >= 15 is 0 Å². The van der Waals surface area contributed by atoms with Crippen molar-refractivity contribution < 1.29 is 14.3 Å². The molecule has 1 aromatic carbocycles. The fourth-order valence-corrected chi connectivity index (χ4v) is 5.05. The van der Waals surface area contributed by atoms with E-state index in [0.717, 1.165) is 24.0 Å². The second-order valence-electron chi connectivity index (χ2n) is 11.9. The van der Waals surface area contributed by atoms with Crippen LogP contribution in [-0.4, -0.2) is 74.5 Å². The summed E-state index contributed by atoms with van der Waals surface area (Å²) in [6.45, 7) is 9.74. The Morgan fingerprint density at radius 3 is 2.14 bits per heavy atom. The molecule has 3 heterocycles. The normalized spacial score (nSPS) is 17.5. The fourth-order valence-electron chi connectivity index (χ4n) is 5.05. The van der Waals surface area contributed by atoms with Crippen molar-refractivity contribution in [1.29, 1.82) is 0 Å². The van der Waals surface area contributed by atoms with Gasteiger partial charge in [-0.15, -0.1) is 0 Å². The number of carbonyl (C=O) groups is 2. The molecule has 220 valence electrons. The number of nitrogens with two attached hydrogens (primary N) is 2. The Labute approximate surface area is 245 Å². The first-order valence-electron chi connectivity index (χ1n) is 14.1. The van der Waals surface area contributed by atoms with Crippen molar-refractivity contribution in [1.82, 2.24) is 24.8 Å². The Morgan fingerprint density at radius 1 is 0.905 bits per heavy atom. The van der Waals surface area contributed by atoms with Gasteiger partial charge in [0.1, 0.15) is 28.8 Å². The summed E-state index contributed by atoms with van der Waals surface area (Å²) in [6.07, 6.45) is 7.82. The van der Waals surface area contributed by atoms with Gasteiger partial charge in [0.25, 0.3) is 5.91 Å². The molecular formula is C30H37N9O3. The highest BCUT2D eigenvalue weighted by Gasteiger charge is 2.46. The Bertz CT molecular complexity index is 1460. The zero-order valence-corrected chi connectivity index (χ0v) is 24.4. The van der Waals surface area contributed by atoms with Crippen LogP contribution in [0.25, 0.3) is 11.3 Å². The summed E-state index contributed by atoms with van der Waals surface area (Å²) < 4.78 is 5.46. The minimum atomic E-state index is -0.609. The Morgan fingerprint density at radius 2 is 1.60 bits per heavy atom. The maximum atomic E-state index is 13.1. The van der Waals surface area contributed by atoms with Gasteiger partial charge in [-0.1, -0.05) is 24.3 Å². The van der Waals surface area contributed by atoms with Crippen molar-refractivity contribution >= 4 is 29.5 Å². The number of carbonyl (C=O) groups excluding carboxylic acids is 2. The predicted molar refractivity (Wildman–Crippen MR) is 160 cm³/mol. The molecule has 2 fully saturated rings. The van der Waals surface area contributed by atoms with E-state index in [1.165, 1.54) is 12.4 Å². The lowest BCUT2D eigenvalue weighted by Gasteiger charge is -2.36. The smallest absolute Gasteiger partial charge is 0.410 e. The number of aliphatic imine (C=N–C) groups is 1. The predicted octanol–water partition coefficient (Wildman–Crippen LogP) is 3.44. The highest BCUT2D eigenvalue weighted by Crippen LogP contribution is 2.47. The zero-order chi connectivity index (χ0) is 30.1. The molecule has 12 nitrogen and oxygen atoms in total. The summed E-state index contributed by atoms with van der Waals surface area (Å²) in [5.41, 5.74) is 13.8. The quantitative estimate of drug-likeness (QED) is 0.330. The van der Waals surface area contributed by atoms with Crippen molar-refractivity contribution in [2.45, 2.75) is 51.6 Å². The van der Waals surface area contributed by atoms with Crippen LogP contribution >= 0.6 is 0 Å². The number of rotatable bonds is 6. The molecule has 2 amide bonds. The van der Waals surface area contributed by atoms with Crippen LogP contribution in [0.2, 0.25) is 0 Å². The SMILES string of the molecule is CC(C)(C)OC(=O)N1CCN(c2cnc(C(=O)N=C(N)C(C)(c3ccc(-c4cnc(N)cn4)cc3)C3CC3)cn2)CC1. The van der Waals surface area contributed by atoms with Crippen LogP contribution < -0.4 is 16.4 Å². The molecule has 1 aliphatic heterocycles. The Balaban J connectivity index is 1.25. The van der Waals surface area contributed by atoms with Gasteiger partial charge >= 0.3 is 6.09 Å². The summed E-state index contributed by atoms with van der Waals surface area (Å²) in [5.74, 6) is 0.981. The maximum absolute atomic E-state index is 13.1.